The molecular weight excluding hydrogens is 390 g/mol. The number of aliphatic hydroxyl groups excluding tert-OH is 1. The Morgan fingerprint density at radius 1 is 0.967 bits per heavy atom. The normalized spacial score (nSPS) is 14.0. The standard InChI is InChI=1S/C26H39NO2S/c1-19(2)21(4)18-26(5,6)30-16-15-29-25(28)27-24-13-11-23(12-14-24)17-22-9-7-20(3)8-10-22/h7-14,19,21,25,27-28H,15-18H2,1-6H3. The monoisotopic (exact) mass is 429 g/mol. The largest absolute Gasteiger partial charge is 0.351 e. The number of ether oxygens (including phenoxy) is 1. The first kappa shape index (κ1) is 24.8. The molecule has 2 aromatic carbocycles. The maximum Gasteiger partial charge on any atom is 0.235 e. The van der Waals surface area contributed by atoms with Crippen LogP contribution in [0.1, 0.15) is 57.7 Å². The minimum Gasteiger partial charge on any atom is -0.351 e. The maximum absolute atomic E-state index is 10.1. The number of hydrogen-bond donors (Lipinski definition) is 2. The van der Waals surface area contributed by atoms with Crippen molar-refractivity contribution in [1.82, 2.24) is 0 Å². The molecule has 0 radical (unpaired) electrons. The van der Waals surface area contributed by atoms with Gasteiger partial charge in [-0.25, -0.2) is 0 Å². The SMILES string of the molecule is Cc1ccc(Cc2ccc(NC(O)OCCSC(C)(C)CC(C)C(C)C)cc2)cc1. The van der Waals surface area contributed by atoms with Crippen LogP contribution in [0.2, 0.25) is 0 Å². The smallest absolute Gasteiger partial charge is 0.235 e. The highest BCUT2D eigenvalue weighted by Gasteiger charge is 2.23. The number of aliphatic hydroxyl groups is 1. The van der Waals surface area contributed by atoms with Gasteiger partial charge in [0.2, 0.25) is 6.41 Å². The fourth-order valence-electron chi connectivity index (χ4n) is 3.39. The Balaban J connectivity index is 1.70. The van der Waals surface area contributed by atoms with Gasteiger partial charge in [-0.15, -0.1) is 0 Å². The Labute approximate surface area is 187 Å². The van der Waals surface area contributed by atoms with Crippen molar-refractivity contribution in [3.8, 4) is 0 Å². The van der Waals surface area contributed by atoms with Crippen molar-refractivity contribution in [3.63, 3.8) is 0 Å². The molecule has 0 aliphatic rings. The van der Waals surface area contributed by atoms with Crippen LogP contribution in [0.4, 0.5) is 5.69 Å². The second-order valence-corrected chi connectivity index (χ2v) is 11.1. The summed E-state index contributed by atoms with van der Waals surface area (Å²) in [6.07, 6.45) is 1.10. The predicted octanol–water partition coefficient (Wildman–Crippen LogP) is 6.48. The molecule has 0 saturated heterocycles. The van der Waals surface area contributed by atoms with E-state index in [9.17, 15) is 5.11 Å². The minimum atomic E-state index is -0.994. The van der Waals surface area contributed by atoms with Crippen molar-refractivity contribution in [2.45, 2.75) is 65.5 Å². The lowest BCUT2D eigenvalue weighted by Gasteiger charge is -2.29. The summed E-state index contributed by atoms with van der Waals surface area (Å²) < 4.78 is 5.78. The first-order valence-electron chi connectivity index (χ1n) is 11.0. The Kier molecular flexibility index (Phi) is 9.73. The number of aryl methyl sites for hydroxylation is 1. The molecule has 2 atom stereocenters. The van der Waals surface area contributed by atoms with E-state index in [4.69, 9.17) is 4.74 Å². The minimum absolute atomic E-state index is 0.221. The van der Waals surface area contributed by atoms with Crippen LogP contribution in [-0.4, -0.2) is 28.6 Å². The van der Waals surface area contributed by atoms with Crippen LogP contribution in [0.3, 0.4) is 0 Å². The Bertz CT molecular complexity index is 741. The van der Waals surface area contributed by atoms with Crippen molar-refractivity contribution < 1.29 is 9.84 Å². The van der Waals surface area contributed by atoms with Gasteiger partial charge in [0.15, 0.2) is 0 Å². The van der Waals surface area contributed by atoms with Crippen LogP contribution in [0, 0.1) is 18.8 Å². The molecule has 4 heteroatoms. The summed E-state index contributed by atoms with van der Waals surface area (Å²) in [4.78, 5) is 0. The molecule has 0 aliphatic heterocycles. The lowest BCUT2D eigenvalue weighted by Crippen LogP contribution is -2.25. The van der Waals surface area contributed by atoms with E-state index in [1.165, 1.54) is 23.1 Å². The highest BCUT2D eigenvalue weighted by molar-refractivity contribution is 8.00. The van der Waals surface area contributed by atoms with Crippen LogP contribution in [-0.2, 0) is 11.2 Å². The number of hydrogen-bond acceptors (Lipinski definition) is 4. The highest BCUT2D eigenvalue weighted by Crippen LogP contribution is 2.33. The molecule has 0 aliphatic carbocycles. The number of anilines is 1. The second-order valence-electron chi connectivity index (χ2n) is 9.26. The summed E-state index contributed by atoms with van der Waals surface area (Å²) in [5.41, 5.74) is 4.68. The summed E-state index contributed by atoms with van der Waals surface area (Å²) in [6.45, 7) is 14.1. The van der Waals surface area contributed by atoms with E-state index in [2.05, 4.69) is 83.3 Å². The molecule has 0 saturated carbocycles. The maximum atomic E-state index is 10.1. The molecule has 2 rings (SSSR count). The third kappa shape index (κ3) is 9.11. The fraction of sp³-hybridized carbons (Fsp3) is 0.538. The van der Waals surface area contributed by atoms with Crippen LogP contribution >= 0.6 is 11.8 Å². The van der Waals surface area contributed by atoms with E-state index in [0.717, 1.165) is 17.9 Å². The lowest BCUT2D eigenvalue weighted by atomic mass is 9.89. The summed E-state index contributed by atoms with van der Waals surface area (Å²) >= 11 is 1.91. The van der Waals surface area contributed by atoms with Crippen molar-refractivity contribution in [3.05, 3.63) is 65.2 Å². The van der Waals surface area contributed by atoms with Gasteiger partial charge in [0.05, 0.1) is 6.61 Å². The molecule has 30 heavy (non-hydrogen) atoms. The van der Waals surface area contributed by atoms with E-state index in [1.54, 1.807) is 0 Å². The summed E-state index contributed by atoms with van der Waals surface area (Å²) in [7, 11) is 0. The highest BCUT2D eigenvalue weighted by atomic mass is 32.2. The molecule has 2 N–H and O–H groups in total. The van der Waals surface area contributed by atoms with Gasteiger partial charge in [0.1, 0.15) is 0 Å². The second kappa shape index (κ2) is 11.8. The topological polar surface area (TPSA) is 41.5 Å². The van der Waals surface area contributed by atoms with Crippen LogP contribution in [0.25, 0.3) is 0 Å². The van der Waals surface area contributed by atoms with E-state index < -0.39 is 6.41 Å². The van der Waals surface area contributed by atoms with Crippen molar-refractivity contribution >= 4 is 17.4 Å². The molecule has 2 aromatic rings. The van der Waals surface area contributed by atoms with E-state index in [-0.39, 0.29) is 4.75 Å². The molecule has 0 heterocycles. The third-order valence-corrected chi connectivity index (χ3v) is 6.90. The van der Waals surface area contributed by atoms with Gasteiger partial charge in [0, 0.05) is 16.2 Å². The molecular formula is C26H39NO2S. The van der Waals surface area contributed by atoms with Gasteiger partial charge in [-0.2, -0.15) is 11.8 Å². The van der Waals surface area contributed by atoms with Gasteiger partial charge in [-0.3, -0.25) is 0 Å². The van der Waals surface area contributed by atoms with Crippen molar-refractivity contribution in [2.24, 2.45) is 11.8 Å². The number of thioether (sulfide) groups is 1. The molecule has 0 amide bonds. The quantitative estimate of drug-likeness (QED) is 0.299. The average Bonchev–Trinajstić information content (AvgIpc) is 2.68. The molecule has 3 nitrogen and oxygen atoms in total. The molecule has 2 unspecified atom stereocenters. The van der Waals surface area contributed by atoms with E-state index in [1.807, 2.05) is 23.9 Å². The molecule has 0 spiro atoms. The lowest BCUT2D eigenvalue weighted by molar-refractivity contribution is -0.0720. The zero-order chi connectivity index (χ0) is 22.1. The number of rotatable bonds is 12. The Morgan fingerprint density at radius 2 is 1.53 bits per heavy atom. The first-order valence-corrected chi connectivity index (χ1v) is 12.0. The fourth-order valence-corrected chi connectivity index (χ4v) is 4.51. The van der Waals surface area contributed by atoms with Gasteiger partial charge < -0.3 is 15.2 Å². The molecule has 0 aromatic heterocycles. The van der Waals surface area contributed by atoms with Crippen LogP contribution < -0.4 is 5.32 Å². The van der Waals surface area contributed by atoms with Crippen molar-refractivity contribution in [2.75, 3.05) is 17.7 Å². The predicted molar refractivity (Wildman–Crippen MR) is 131 cm³/mol. The van der Waals surface area contributed by atoms with Crippen molar-refractivity contribution in [1.29, 1.82) is 0 Å². The van der Waals surface area contributed by atoms with E-state index >= 15 is 0 Å². The Hall–Kier alpha value is -1.49. The van der Waals surface area contributed by atoms with Crippen LogP contribution in [0.5, 0.6) is 0 Å². The summed E-state index contributed by atoms with van der Waals surface area (Å²) in [5.74, 6) is 2.27. The van der Waals surface area contributed by atoms with Gasteiger partial charge >= 0.3 is 0 Å². The number of nitrogens with one attached hydrogen (secondary N) is 1. The zero-order valence-corrected chi connectivity index (χ0v) is 20.3. The van der Waals surface area contributed by atoms with Gasteiger partial charge in [0.25, 0.3) is 0 Å². The molecule has 166 valence electrons. The van der Waals surface area contributed by atoms with Gasteiger partial charge in [-0.05, 0) is 54.9 Å². The number of benzene rings is 2. The van der Waals surface area contributed by atoms with Crippen LogP contribution in [0.15, 0.2) is 48.5 Å². The van der Waals surface area contributed by atoms with E-state index in [0.29, 0.717) is 18.4 Å². The van der Waals surface area contributed by atoms with Gasteiger partial charge in [-0.1, -0.05) is 76.6 Å². The zero-order valence-electron chi connectivity index (χ0n) is 19.4. The average molecular weight is 430 g/mol. The molecule has 0 bridgehead atoms. The molecule has 0 fully saturated rings. The Morgan fingerprint density at radius 3 is 2.10 bits per heavy atom. The third-order valence-electron chi connectivity index (χ3n) is 5.58. The summed E-state index contributed by atoms with van der Waals surface area (Å²) in [6, 6.07) is 16.8. The first-order chi connectivity index (χ1) is 14.1. The summed E-state index contributed by atoms with van der Waals surface area (Å²) in [5, 5.41) is 13.1.